The number of rotatable bonds is 2. The van der Waals surface area contributed by atoms with Crippen molar-refractivity contribution in [2.75, 3.05) is 18.5 Å². The molecule has 0 atom stereocenters. The Morgan fingerprint density at radius 1 is 1.27 bits per heavy atom. The number of amides is 1. The second-order valence-corrected chi connectivity index (χ2v) is 5.28. The Labute approximate surface area is 153 Å². The number of nitrogens with one attached hydrogen (secondary N) is 2. The molecule has 3 rings (SSSR count). The number of carbonyl (C=O) groups is 1. The molecule has 0 spiro atoms. The van der Waals surface area contributed by atoms with Crippen LogP contribution in [0.15, 0.2) is 24.3 Å². The molecular formula is C17H18ClF2N3O3. The summed E-state index contributed by atoms with van der Waals surface area (Å²) in [5.41, 5.74) is 0.363. The molecular weight excluding hydrogens is 368 g/mol. The van der Waals surface area contributed by atoms with E-state index in [1.54, 1.807) is 18.2 Å². The van der Waals surface area contributed by atoms with Gasteiger partial charge in [0.2, 0.25) is 5.95 Å². The van der Waals surface area contributed by atoms with Gasteiger partial charge in [-0.05, 0) is 30.4 Å². The van der Waals surface area contributed by atoms with Crippen LogP contribution < -0.4 is 16.0 Å². The van der Waals surface area contributed by atoms with E-state index >= 15 is 0 Å². The van der Waals surface area contributed by atoms with Crippen LogP contribution in [0.1, 0.15) is 24.2 Å². The van der Waals surface area contributed by atoms with Gasteiger partial charge in [-0.1, -0.05) is 31.5 Å². The fourth-order valence-electron chi connectivity index (χ4n) is 2.06. The maximum atomic E-state index is 13.0. The van der Waals surface area contributed by atoms with Crippen LogP contribution in [0.2, 0.25) is 5.02 Å². The monoisotopic (exact) mass is 385 g/mol. The Hall–Kier alpha value is -2.29. The number of nitrogens with zero attached hydrogens (tertiary/aromatic N) is 1. The Bertz CT molecular complexity index is 844. The third-order valence-corrected chi connectivity index (χ3v) is 3.38. The van der Waals surface area contributed by atoms with E-state index in [9.17, 15) is 13.6 Å². The minimum atomic E-state index is -3.65. The Morgan fingerprint density at radius 3 is 2.65 bits per heavy atom. The van der Waals surface area contributed by atoms with Crippen LogP contribution in [0, 0.1) is 0 Å². The summed E-state index contributed by atoms with van der Waals surface area (Å²) >= 11 is 5.85. The van der Waals surface area contributed by atoms with Crippen molar-refractivity contribution in [3.63, 3.8) is 0 Å². The number of alkyl halides is 2. The number of carbonyl (C=O) groups excluding carboxylic acids is 1. The van der Waals surface area contributed by atoms with E-state index in [-0.39, 0.29) is 19.2 Å². The highest BCUT2D eigenvalue weighted by atomic mass is 35.5. The first-order valence-corrected chi connectivity index (χ1v) is 8.30. The average molecular weight is 386 g/mol. The first-order valence-electron chi connectivity index (χ1n) is 7.92. The van der Waals surface area contributed by atoms with Gasteiger partial charge in [0.25, 0.3) is 5.91 Å². The molecule has 0 unspecified atom stereocenters. The molecule has 140 valence electrons. The second-order valence-electron chi connectivity index (χ2n) is 4.84. The predicted octanol–water partition coefficient (Wildman–Crippen LogP) is 2.50. The van der Waals surface area contributed by atoms with Gasteiger partial charge < -0.3 is 4.98 Å². The third kappa shape index (κ3) is 5.35. The van der Waals surface area contributed by atoms with E-state index in [0.29, 0.717) is 21.3 Å². The molecule has 0 saturated heterocycles. The van der Waals surface area contributed by atoms with Crippen molar-refractivity contribution in [1.29, 1.82) is 0 Å². The smallest absolute Gasteiger partial charge is 0.324 e. The highest BCUT2D eigenvalue weighted by Crippen LogP contribution is 2.17. The molecule has 1 amide bonds. The summed E-state index contributed by atoms with van der Waals surface area (Å²) in [7, 11) is 0. The average Bonchev–Trinajstić information content (AvgIpc) is 2.99. The minimum Gasteiger partial charge on any atom is -0.324 e. The molecule has 0 fully saturated rings. The number of hydrogen-bond acceptors (Lipinski definition) is 4. The van der Waals surface area contributed by atoms with Gasteiger partial charge in [-0.15, -0.1) is 8.78 Å². The van der Waals surface area contributed by atoms with Crippen molar-refractivity contribution in [3.8, 4) is 0 Å². The number of aromatic nitrogens is 2. The largest absolute Gasteiger partial charge is 0.486 e. The van der Waals surface area contributed by atoms with E-state index in [1.807, 2.05) is 13.8 Å². The zero-order valence-corrected chi connectivity index (χ0v) is 14.9. The molecule has 1 aliphatic heterocycles. The summed E-state index contributed by atoms with van der Waals surface area (Å²) in [5, 5.41) is 3.83. The van der Waals surface area contributed by atoms with Crippen LogP contribution in [0.5, 0.6) is 0 Å². The topological polar surface area (TPSA) is 76.2 Å². The van der Waals surface area contributed by atoms with Crippen LogP contribution in [0.3, 0.4) is 0 Å². The Balaban J connectivity index is 0.00000117. The molecule has 2 heterocycles. The molecule has 1 aromatic heterocycles. The van der Waals surface area contributed by atoms with Gasteiger partial charge in [0, 0.05) is 10.6 Å². The number of halogens is 3. The second kappa shape index (κ2) is 8.88. The van der Waals surface area contributed by atoms with Gasteiger partial charge in [-0.3, -0.25) is 19.6 Å². The maximum Gasteiger partial charge on any atom is 0.486 e. The number of fused-ring (bicyclic) bond motifs is 1. The summed E-state index contributed by atoms with van der Waals surface area (Å²) in [6, 6.07) is 6.42. The van der Waals surface area contributed by atoms with Crippen LogP contribution in [0.4, 0.5) is 14.7 Å². The highest BCUT2D eigenvalue weighted by molar-refractivity contribution is 6.31. The number of hydrogen-bond donors (Lipinski definition) is 2. The predicted molar refractivity (Wildman–Crippen MR) is 94.4 cm³/mol. The lowest BCUT2D eigenvalue weighted by Gasteiger charge is -2.13. The van der Waals surface area contributed by atoms with Crippen molar-refractivity contribution in [2.45, 2.75) is 20.1 Å². The number of anilines is 1. The highest BCUT2D eigenvalue weighted by Gasteiger charge is 2.31. The van der Waals surface area contributed by atoms with Crippen LogP contribution in [-0.4, -0.2) is 35.4 Å². The molecule has 2 aromatic rings. The summed E-state index contributed by atoms with van der Waals surface area (Å²) in [5.74, 6) is -0.236. The summed E-state index contributed by atoms with van der Waals surface area (Å²) in [4.78, 5) is 19.1. The first-order chi connectivity index (χ1) is 12.4. The summed E-state index contributed by atoms with van der Waals surface area (Å²) in [6.45, 7) is 3.23. The van der Waals surface area contributed by atoms with Gasteiger partial charge in [-0.25, -0.2) is 4.98 Å². The van der Waals surface area contributed by atoms with Crippen molar-refractivity contribution in [3.05, 3.63) is 45.5 Å². The zero-order valence-electron chi connectivity index (χ0n) is 14.2. The molecule has 0 radical (unpaired) electrons. The fraction of sp³-hybridized carbons (Fsp3) is 0.294. The Kier molecular flexibility index (Phi) is 6.84. The van der Waals surface area contributed by atoms with Crippen molar-refractivity contribution in [2.24, 2.45) is 0 Å². The SMILES string of the molecule is CC.O=C(Nc1nc2/c([nH]1)=C\COC(F)(F)OC\C=2)c1cccc(Cl)c1. The van der Waals surface area contributed by atoms with Crippen LogP contribution in [0.25, 0.3) is 12.2 Å². The van der Waals surface area contributed by atoms with Crippen molar-refractivity contribution < 1.29 is 23.0 Å². The minimum absolute atomic E-state index is 0.171. The van der Waals surface area contributed by atoms with Gasteiger partial charge in [-0.2, -0.15) is 0 Å². The van der Waals surface area contributed by atoms with Gasteiger partial charge in [0.05, 0.1) is 23.9 Å². The molecule has 26 heavy (non-hydrogen) atoms. The molecule has 0 aliphatic carbocycles. The number of benzene rings is 1. The lowest BCUT2D eigenvalue weighted by atomic mass is 10.2. The molecule has 0 bridgehead atoms. The number of imidazole rings is 1. The quantitative estimate of drug-likeness (QED) is 0.832. The van der Waals surface area contributed by atoms with Crippen LogP contribution in [-0.2, 0) is 9.47 Å². The van der Waals surface area contributed by atoms with E-state index in [0.717, 1.165) is 0 Å². The van der Waals surface area contributed by atoms with Gasteiger partial charge in [0.1, 0.15) is 0 Å². The molecule has 9 heteroatoms. The maximum absolute atomic E-state index is 13.0. The number of aromatic amines is 1. The van der Waals surface area contributed by atoms with Crippen molar-refractivity contribution >= 4 is 35.6 Å². The van der Waals surface area contributed by atoms with Gasteiger partial charge in [0.15, 0.2) is 0 Å². The van der Waals surface area contributed by atoms with Crippen molar-refractivity contribution in [1.82, 2.24) is 9.97 Å². The Morgan fingerprint density at radius 2 is 1.96 bits per heavy atom. The fourth-order valence-corrected chi connectivity index (χ4v) is 2.25. The lowest BCUT2D eigenvalue weighted by Crippen LogP contribution is -2.25. The normalized spacial score (nSPS) is 18.2. The first kappa shape index (κ1) is 20.0. The zero-order chi connectivity index (χ0) is 19.2. The number of H-pyrrole nitrogens is 1. The summed E-state index contributed by atoms with van der Waals surface area (Å²) in [6.07, 6.45) is -0.906. The molecule has 1 aliphatic rings. The standard InChI is InChI=1S/C15H12ClF2N3O3.C2H6/c16-10-3-1-2-9(8-10)13(22)21-14-19-11-4-6-23-15(17,18)24-7-5-12(11)20-14;1-2/h1-5,8H,6-7H2,(H2,19,20,21,22);1-2H3/b11-4+,12-5+;. The van der Waals surface area contributed by atoms with E-state index in [2.05, 4.69) is 24.8 Å². The summed E-state index contributed by atoms with van der Waals surface area (Å²) < 4.78 is 34.7. The van der Waals surface area contributed by atoms with E-state index in [4.69, 9.17) is 11.6 Å². The third-order valence-electron chi connectivity index (χ3n) is 3.15. The molecule has 6 nitrogen and oxygen atoms in total. The van der Waals surface area contributed by atoms with Crippen LogP contribution >= 0.6 is 11.6 Å². The lowest BCUT2D eigenvalue weighted by molar-refractivity contribution is -0.383. The molecule has 0 saturated carbocycles. The van der Waals surface area contributed by atoms with E-state index < -0.39 is 12.2 Å². The van der Waals surface area contributed by atoms with Gasteiger partial charge >= 0.3 is 6.29 Å². The molecule has 2 N–H and O–H groups in total. The van der Waals surface area contributed by atoms with E-state index in [1.165, 1.54) is 18.2 Å². The molecule has 1 aromatic carbocycles. The number of ether oxygens (including phenoxy) is 2.